The van der Waals surface area contributed by atoms with Crippen LogP contribution in [-0.2, 0) is 0 Å². The first-order valence-electron chi connectivity index (χ1n) is 6.64. The minimum Gasteiger partial charge on any atom is -0.388 e. The smallest absolute Gasteiger partial charge is 0.0790 e. The van der Waals surface area contributed by atoms with Crippen molar-refractivity contribution in [1.82, 2.24) is 5.32 Å². The van der Waals surface area contributed by atoms with Crippen LogP contribution in [0.1, 0.15) is 44.8 Å². The van der Waals surface area contributed by atoms with E-state index in [0.29, 0.717) is 0 Å². The van der Waals surface area contributed by atoms with Crippen molar-refractivity contribution in [2.24, 2.45) is 5.92 Å². The Hall–Kier alpha value is -0.860. The summed E-state index contributed by atoms with van der Waals surface area (Å²) in [6.07, 6.45) is 2.76. The molecule has 1 rings (SSSR count). The van der Waals surface area contributed by atoms with Crippen LogP contribution < -0.4 is 5.32 Å². The zero-order valence-corrected chi connectivity index (χ0v) is 11.0. The van der Waals surface area contributed by atoms with Gasteiger partial charge in [0.25, 0.3) is 0 Å². The van der Waals surface area contributed by atoms with E-state index in [-0.39, 0.29) is 6.10 Å². The van der Waals surface area contributed by atoms with Gasteiger partial charge in [0.1, 0.15) is 0 Å². The average Bonchev–Trinajstić information content (AvgIpc) is 2.34. The standard InChI is InChI=1S/C15H25NO/c1-13(2)10-12-16-11-6-9-15(17)14-7-4-3-5-8-14/h3-5,7-8,13,15-17H,6,9-12H2,1-2H3/t15-/m1/s1. The van der Waals surface area contributed by atoms with Gasteiger partial charge in [-0.25, -0.2) is 0 Å². The highest BCUT2D eigenvalue weighted by molar-refractivity contribution is 5.16. The van der Waals surface area contributed by atoms with Crippen molar-refractivity contribution in [2.45, 2.75) is 39.2 Å². The second-order valence-electron chi connectivity index (χ2n) is 5.00. The monoisotopic (exact) mass is 235 g/mol. The first-order chi connectivity index (χ1) is 8.20. The lowest BCUT2D eigenvalue weighted by molar-refractivity contribution is 0.164. The van der Waals surface area contributed by atoms with Crippen LogP contribution in [0.4, 0.5) is 0 Å². The molecule has 0 heterocycles. The molecule has 0 aliphatic rings. The van der Waals surface area contributed by atoms with Crippen LogP contribution in [0, 0.1) is 5.92 Å². The summed E-state index contributed by atoms with van der Waals surface area (Å²) in [5.41, 5.74) is 1.02. The van der Waals surface area contributed by atoms with Gasteiger partial charge in [0.2, 0.25) is 0 Å². The molecule has 0 radical (unpaired) electrons. The number of aliphatic hydroxyl groups is 1. The summed E-state index contributed by atoms with van der Waals surface area (Å²) in [5, 5.41) is 13.3. The lowest BCUT2D eigenvalue weighted by Crippen LogP contribution is -2.18. The van der Waals surface area contributed by atoms with Crippen LogP contribution in [-0.4, -0.2) is 18.2 Å². The third-order valence-electron chi connectivity index (χ3n) is 2.91. The first-order valence-corrected chi connectivity index (χ1v) is 6.64. The van der Waals surface area contributed by atoms with Crippen molar-refractivity contribution < 1.29 is 5.11 Å². The van der Waals surface area contributed by atoms with Crippen molar-refractivity contribution >= 4 is 0 Å². The van der Waals surface area contributed by atoms with Crippen LogP contribution in [0.5, 0.6) is 0 Å². The molecule has 17 heavy (non-hydrogen) atoms. The third kappa shape index (κ3) is 6.44. The van der Waals surface area contributed by atoms with E-state index in [1.807, 2.05) is 30.3 Å². The van der Waals surface area contributed by atoms with E-state index >= 15 is 0 Å². The van der Waals surface area contributed by atoms with Crippen molar-refractivity contribution in [3.63, 3.8) is 0 Å². The normalized spacial score (nSPS) is 12.9. The molecule has 2 nitrogen and oxygen atoms in total. The zero-order valence-electron chi connectivity index (χ0n) is 11.0. The van der Waals surface area contributed by atoms with Gasteiger partial charge in [-0.05, 0) is 43.8 Å². The topological polar surface area (TPSA) is 32.3 Å². The maximum atomic E-state index is 9.94. The number of nitrogens with one attached hydrogen (secondary N) is 1. The van der Waals surface area contributed by atoms with E-state index < -0.39 is 0 Å². The summed E-state index contributed by atoms with van der Waals surface area (Å²) in [4.78, 5) is 0. The van der Waals surface area contributed by atoms with Gasteiger partial charge in [-0.2, -0.15) is 0 Å². The van der Waals surface area contributed by atoms with Crippen molar-refractivity contribution in [3.05, 3.63) is 35.9 Å². The summed E-state index contributed by atoms with van der Waals surface area (Å²) in [5.74, 6) is 0.761. The molecule has 0 aromatic heterocycles. The average molecular weight is 235 g/mol. The highest BCUT2D eigenvalue weighted by atomic mass is 16.3. The van der Waals surface area contributed by atoms with Crippen LogP contribution in [0.25, 0.3) is 0 Å². The Balaban J connectivity index is 2.07. The van der Waals surface area contributed by atoms with Crippen LogP contribution in [0.3, 0.4) is 0 Å². The predicted octanol–water partition coefficient (Wildman–Crippen LogP) is 3.14. The van der Waals surface area contributed by atoms with Crippen molar-refractivity contribution in [3.8, 4) is 0 Å². The Labute approximate surface area is 105 Å². The molecule has 2 heteroatoms. The molecule has 0 aliphatic carbocycles. The second kappa shape index (κ2) is 8.26. The maximum Gasteiger partial charge on any atom is 0.0790 e. The molecule has 0 spiro atoms. The van der Waals surface area contributed by atoms with Crippen LogP contribution in [0.15, 0.2) is 30.3 Å². The van der Waals surface area contributed by atoms with Crippen LogP contribution in [0.2, 0.25) is 0 Å². The highest BCUT2D eigenvalue weighted by Gasteiger charge is 2.05. The van der Waals surface area contributed by atoms with E-state index in [0.717, 1.165) is 37.4 Å². The number of aliphatic hydroxyl groups excluding tert-OH is 1. The fraction of sp³-hybridized carbons (Fsp3) is 0.600. The summed E-state index contributed by atoms with van der Waals surface area (Å²) in [6.45, 7) is 6.55. The minimum atomic E-state index is -0.317. The van der Waals surface area contributed by atoms with Gasteiger partial charge in [0.05, 0.1) is 6.10 Å². The SMILES string of the molecule is CC(C)CCNCCC[C@@H](O)c1ccccc1. The molecule has 0 fully saturated rings. The summed E-state index contributed by atoms with van der Waals surface area (Å²) in [6, 6.07) is 9.89. The molecule has 0 saturated heterocycles. The molecule has 1 aromatic carbocycles. The highest BCUT2D eigenvalue weighted by Crippen LogP contribution is 2.16. The van der Waals surface area contributed by atoms with E-state index in [1.165, 1.54) is 6.42 Å². The first kappa shape index (κ1) is 14.2. The Kier molecular flexibility index (Phi) is 6.90. The minimum absolute atomic E-state index is 0.317. The number of benzene rings is 1. The van der Waals surface area contributed by atoms with E-state index in [9.17, 15) is 5.11 Å². The lowest BCUT2D eigenvalue weighted by atomic mass is 10.1. The molecule has 1 atom stereocenters. The van der Waals surface area contributed by atoms with Gasteiger partial charge < -0.3 is 10.4 Å². The van der Waals surface area contributed by atoms with Gasteiger partial charge in [-0.3, -0.25) is 0 Å². The van der Waals surface area contributed by atoms with E-state index in [4.69, 9.17) is 0 Å². The van der Waals surface area contributed by atoms with Gasteiger partial charge in [-0.1, -0.05) is 44.2 Å². The van der Waals surface area contributed by atoms with Crippen LogP contribution >= 0.6 is 0 Å². The predicted molar refractivity (Wildman–Crippen MR) is 73.0 cm³/mol. The van der Waals surface area contributed by atoms with Crippen molar-refractivity contribution in [2.75, 3.05) is 13.1 Å². The molecule has 1 aromatic rings. The molecule has 2 N–H and O–H groups in total. The molecule has 0 aliphatic heterocycles. The third-order valence-corrected chi connectivity index (χ3v) is 2.91. The molecule has 0 saturated carbocycles. The van der Waals surface area contributed by atoms with E-state index in [2.05, 4.69) is 19.2 Å². The van der Waals surface area contributed by atoms with Gasteiger partial charge in [0, 0.05) is 0 Å². The van der Waals surface area contributed by atoms with Gasteiger partial charge >= 0.3 is 0 Å². The van der Waals surface area contributed by atoms with Gasteiger partial charge in [-0.15, -0.1) is 0 Å². The molecule has 0 amide bonds. The fourth-order valence-electron chi connectivity index (χ4n) is 1.78. The van der Waals surface area contributed by atoms with Crippen molar-refractivity contribution in [1.29, 1.82) is 0 Å². The Morgan fingerprint density at radius 1 is 1.06 bits per heavy atom. The van der Waals surface area contributed by atoms with Gasteiger partial charge in [0.15, 0.2) is 0 Å². The Bertz CT molecular complexity index is 284. The number of hydrogen-bond acceptors (Lipinski definition) is 2. The second-order valence-corrected chi connectivity index (χ2v) is 5.00. The Morgan fingerprint density at radius 2 is 1.76 bits per heavy atom. The molecular formula is C15H25NO. The quantitative estimate of drug-likeness (QED) is 0.678. The fourth-order valence-corrected chi connectivity index (χ4v) is 1.78. The largest absolute Gasteiger partial charge is 0.388 e. The molecule has 96 valence electrons. The summed E-state index contributed by atoms with van der Waals surface area (Å²) >= 11 is 0. The number of rotatable bonds is 8. The maximum absolute atomic E-state index is 9.94. The Morgan fingerprint density at radius 3 is 2.41 bits per heavy atom. The summed E-state index contributed by atoms with van der Waals surface area (Å²) in [7, 11) is 0. The molecular weight excluding hydrogens is 210 g/mol. The zero-order chi connectivity index (χ0) is 12.5. The molecule has 0 bridgehead atoms. The van der Waals surface area contributed by atoms with E-state index in [1.54, 1.807) is 0 Å². The molecule has 0 unspecified atom stereocenters. The number of hydrogen-bond donors (Lipinski definition) is 2. The lowest BCUT2D eigenvalue weighted by Gasteiger charge is -2.11. The summed E-state index contributed by atoms with van der Waals surface area (Å²) < 4.78 is 0.